The summed E-state index contributed by atoms with van der Waals surface area (Å²) in [6.45, 7) is 0.235. The van der Waals surface area contributed by atoms with Crippen molar-refractivity contribution in [1.29, 1.82) is 0 Å². The van der Waals surface area contributed by atoms with Gasteiger partial charge in [-0.2, -0.15) is 11.8 Å². The van der Waals surface area contributed by atoms with Crippen LogP contribution < -0.4 is 21.3 Å². The molecule has 0 saturated carbocycles. The number of aliphatic hydroxyl groups is 1. The highest BCUT2D eigenvalue weighted by molar-refractivity contribution is 7.98. The highest BCUT2D eigenvalue weighted by atomic mass is 32.2. The van der Waals surface area contributed by atoms with Crippen molar-refractivity contribution in [2.24, 2.45) is 0 Å². The number of aliphatic hydroxyl groups excluding tert-OH is 1. The Morgan fingerprint density at radius 1 is 0.824 bits per heavy atom. The van der Waals surface area contributed by atoms with E-state index in [9.17, 15) is 38.7 Å². The maximum Gasteiger partial charge on any atom is 0.305 e. The van der Waals surface area contributed by atoms with Crippen molar-refractivity contribution < 1.29 is 48.9 Å². The van der Waals surface area contributed by atoms with Crippen LogP contribution in [0.2, 0.25) is 0 Å². The van der Waals surface area contributed by atoms with Crippen LogP contribution in [0.1, 0.15) is 32.6 Å². The number of carboxylic acid groups (broad SMARTS) is 2. The first-order valence-corrected chi connectivity index (χ1v) is 11.5. The van der Waals surface area contributed by atoms with Crippen LogP contribution >= 0.6 is 11.8 Å². The molecule has 0 aliphatic carbocycles. The standard InChI is InChI=1S/C19H30N4O10S/c1-10(26)20-12(3-4-15(27)28)18(32)23-14(9-25)19(33)22-13(5-6-34-2)17(31)21-11(8-24)7-16(29)30/h8,11-14,25H,3-7,9H2,1-2H3,(H,20,26)(H,21,31)(H,22,33)(H,23,32)(H,27,28)(H,29,30)/t11-,12?,13-,14?/m0/s1. The monoisotopic (exact) mass is 506 g/mol. The molecule has 0 rings (SSSR count). The Morgan fingerprint density at radius 3 is 1.82 bits per heavy atom. The topological polar surface area (TPSA) is 228 Å². The highest BCUT2D eigenvalue weighted by Gasteiger charge is 2.30. The van der Waals surface area contributed by atoms with Gasteiger partial charge in [-0.05, 0) is 24.9 Å². The quantitative estimate of drug-likeness (QED) is 0.0998. The minimum Gasteiger partial charge on any atom is -0.481 e. The summed E-state index contributed by atoms with van der Waals surface area (Å²) < 4.78 is 0. The van der Waals surface area contributed by atoms with Crippen LogP contribution in [0.5, 0.6) is 0 Å². The molecule has 0 aromatic carbocycles. The van der Waals surface area contributed by atoms with Gasteiger partial charge in [0.2, 0.25) is 23.6 Å². The summed E-state index contributed by atoms with van der Waals surface area (Å²) in [4.78, 5) is 81.5. The van der Waals surface area contributed by atoms with Gasteiger partial charge in [0, 0.05) is 13.3 Å². The number of thioether (sulfide) groups is 1. The third kappa shape index (κ3) is 12.7. The van der Waals surface area contributed by atoms with E-state index < -0.39 is 79.2 Å². The number of nitrogens with one attached hydrogen (secondary N) is 4. The van der Waals surface area contributed by atoms with E-state index in [1.807, 2.05) is 0 Å². The van der Waals surface area contributed by atoms with Crippen molar-refractivity contribution in [3.63, 3.8) is 0 Å². The van der Waals surface area contributed by atoms with Crippen LogP contribution in [0.25, 0.3) is 0 Å². The molecule has 14 nitrogen and oxygen atoms in total. The zero-order valence-corrected chi connectivity index (χ0v) is 19.6. The second-order valence-electron chi connectivity index (χ2n) is 7.12. The molecule has 0 aliphatic rings. The second kappa shape index (κ2) is 16.4. The number of aliphatic carboxylic acids is 2. The SMILES string of the molecule is CSCC[C@H](NC(=O)C(CO)NC(=O)C(CCC(=O)O)NC(C)=O)C(=O)N[C@H](C=O)CC(=O)O. The Kier molecular flexibility index (Phi) is 14.9. The molecule has 0 aliphatic heterocycles. The maximum atomic E-state index is 12.6. The van der Waals surface area contributed by atoms with E-state index in [1.54, 1.807) is 6.26 Å². The molecule has 0 aromatic rings. The van der Waals surface area contributed by atoms with Gasteiger partial charge in [-0.3, -0.25) is 28.8 Å². The molecule has 4 amide bonds. The van der Waals surface area contributed by atoms with Crippen LogP contribution in [0.15, 0.2) is 0 Å². The zero-order valence-electron chi connectivity index (χ0n) is 18.7. The molecule has 0 radical (unpaired) electrons. The molecule has 2 unspecified atom stereocenters. The average Bonchev–Trinajstić information content (AvgIpc) is 2.75. The lowest BCUT2D eigenvalue weighted by molar-refractivity contribution is -0.139. The number of hydrogen-bond donors (Lipinski definition) is 7. The van der Waals surface area contributed by atoms with Crippen molar-refractivity contribution in [3.8, 4) is 0 Å². The van der Waals surface area contributed by atoms with E-state index in [2.05, 4.69) is 21.3 Å². The predicted molar refractivity (Wildman–Crippen MR) is 119 cm³/mol. The fourth-order valence-electron chi connectivity index (χ4n) is 2.63. The van der Waals surface area contributed by atoms with Crippen molar-refractivity contribution in [1.82, 2.24) is 21.3 Å². The molecule has 0 aromatic heterocycles. The summed E-state index contributed by atoms with van der Waals surface area (Å²) >= 11 is 1.35. The van der Waals surface area contributed by atoms with Gasteiger partial charge in [0.1, 0.15) is 24.4 Å². The van der Waals surface area contributed by atoms with Crippen molar-refractivity contribution in [3.05, 3.63) is 0 Å². The number of aldehydes is 1. The Labute approximate surface area is 199 Å². The van der Waals surface area contributed by atoms with E-state index in [1.165, 1.54) is 11.8 Å². The number of rotatable bonds is 17. The van der Waals surface area contributed by atoms with Gasteiger partial charge in [-0.1, -0.05) is 0 Å². The minimum absolute atomic E-state index is 0.0939. The van der Waals surface area contributed by atoms with Crippen molar-refractivity contribution in [2.75, 3.05) is 18.6 Å². The first-order chi connectivity index (χ1) is 15.9. The van der Waals surface area contributed by atoms with E-state index in [-0.39, 0.29) is 19.1 Å². The normalized spacial score (nSPS) is 14.0. The lowest BCUT2D eigenvalue weighted by Crippen LogP contribution is -2.58. The van der Waals surface area contributed by atoms with E-state index >= 15 is 0 Å². The third-order valence-electron chi connectivity index (χ3n) is 4.29. The smallest absolute Gasteiger partial charge is 0.305 e. The molecule has 0 spiro atoms. The first-order valence-electron chi connectivity index (χ1n) is 10.1. The van der Waals surface area contributed by atoms with Crippen molar-refractivity contribution in [2.45, 2.75) is 56.8 Å². The summed E-state index contributed by atoms with van der Waals surface area (Å²) in [7, 11) is 0. The Hall–Kier alpha value is -3.20. The summed E-state index contributed by atoms with van der Waals surface area (Å²) in [5.74, 6) is -5.45. The van der Waals surface area contributed by atoms with Crippen LogP contribution in [-0.2, 0) is 33.6 Å². The molecule has 192 valence electrons. The largest absolute Gasteiger partial charge is 0.481 e. The molecular weight excluding hydrogens is 476 g/mol. The van der Waals surface area contributed by atoms with Crippen LogP contribution in [0.4, 0.5) is 0 Å². The van der Waals surface area contributed by atoms with Crippen molar-refractivity contribution >= 4 is 53.6 Å². The van der Waals surface area contributed by atoms with Gasteiger partial charge in [-0.25, -0.2) is 0 Å². The minimum atomic E-state index is -1.54. The third-order valence-corrected chi connectivity index (χ3v) is 4.93. The van der Waals surface area contributed by atoms with Gasteiger partial charge in [0.05, 0.1) is 19.1 Å². The van der Waals surface area contributed by atoms with Crippen LogP contribution in [-0.4, -0.2) is 100.0 Å². The number of carbonyl (C=O) groups is 7. The van der Waals surface area contributed by atoms with Gasteiger partial charge in [0.15, 0.2) is 0 Å². The average molecular weight is 507 g/mol. The van der Waals surface area contributed by atoms with E-state index in [0.29, 0.717) is 5.75 Å². The van der Waals surface area contributed by atoms with Gasteiger partial charge < -0.3 is 41.4 Å². The summed E-state index contributed by atoms with van der Waals surface area (Å²) in [6, 6.07) is -5.35. The number of carbonyl (C=O) groups excluding carboxylic acids is 5. The number of amides is 4. The molecule has 15 heteroatoms. The molecular formula is C19H30N4O10S. The Morgan fingerprint density at radius 2 is 1.35 bits per heavy atom. The molecule has 0 saturated heterocycles. The van der Waals surface area contributed by atoms with E-state index in [0.717, 1.165) is 6.92 Å². The molecule has 7 N–H and O–H groups in total. The second-order valence-corrected chi connectivity index (χ2v) is 8.11. The highest BCUT2D eigenvalue weighted by Crippen LogP contribution is 2.04. The Balaban J connectivity index is 5.34. The molecule has 0 fully saturated rings. The number of hydrogen-bond acceptors (Lipinski definition) is 9. The Bertz CT molecular complexity index is 763. The summed E-state index contributed by atoms with van der Waals surface area (Å²) in [6.07, 6.45) is 0.710. The summed E-state index contributed by atoms with van der Waals surface area (Å²) in [5.41, 5.74) is 0. The number of carboxylic acids is 2. The van der Waals surface area contributed by atoms with Gasteiger partial charge in [0.25, 0.3) is 0 Å². The predicted octanol–water partition coefficient (Wildman–Crippen LogP) is -2.77. The van der Waals surface area contributed by atoms with Gasteiger partial charge in [-0.15, -0.1) is 0 Å². The molecule has 4 atom stereocenters. The molecule has 34 heavy (non-hydrogen) atoms. The van der Waals surface area contributed by atoms with Gasteiger partial charge >= 0.3 is 11.9 Å². The molecule has 0 heterocycles. The van der Waals surface area contributed by atoms with E-state index in [4.69, 9.17) is 10.2 Å². The fraction of sp³-hybridized carbons (Fsp3) is 0.632. The first kappa shape index (κ1) is 30.8. The summed E-state index contributed by atoms with van der Waals surface area (Å²) in [5, 5.41) is 36.2. The molecule has 0 bridgehead atoms. The lowest BCUT2D eigenvalue weighted by atomic mass is 10.1. The van der Waals surface area contributed by atoms with Crippen LogP contribution in [0, 0.1) is 0 Å². The maximum absolute atomic E-state index is 12.6. The zero-order chi connectivity index (χ0) is 26.3. The fourth-order valence-corrected chi connectivity index (χ4v) is 3.10. The lowest BCUT2D eigenvalue weighted by Gasteiger charge is -2.24. The van der Waals surface area contributed by atoms with Crippen LogP contribution in [0.3, 0.4) is 0 Å².